The molecule has 26 heavy (non-hydrogen) atoms. The van der Waals surface area contributed by atoms with Crippen LogP contribution in [0.3, 0.4) is 0 Å². The molecular formula is C19H17F2N3O2. The first-order valence-corrected chi connectivity index (χ1v) is 8.03. The summed E-state index contributed by atoms with van der Waals surface area (Å²) in [5, 5.41) is 8.07. The number of rotatable bonds is 3. The van der Waals surface area contributed by atoms with Crippen molar-refractivity contribution >= 4 is 17.4 Å². The molecule has 3 N–H and O–H groups in total. The van der Waals surface area contributed by atoms with Gasteiger partial charge in [-0.25, -0.2) is 13.6 Å². The lowest BCUT2D eigenvalue weighted by Gasteiger charge is -2.24. The zero-order valence-corrected chi connectivity index (χ0v) is 13.8. The molecule has 134 valence electrons. The van der Waals surface area contributed by atoms with E-state index >= 15 is 0 Å². The molecule has 0 saturated carbocycles. The van der Waals surface area contributed by atoms with E-state index in [0.29, 0.717) is 24.4 Å². The van der Waals surface area contributed by atoms with Gasteiger partial charge in [0.05, 0.1) is 24.0 Å². The van der Waals surface area contributed by atoms with Crippen molar-refractivity contribution in [2.24, 2.45) is 0 Å². The van der Waals surface area contributed by atoms with Gasteiger partial charge in [-0.1, -0.05) is 12.0 Å². The van der Waals surface area contributed by atoms with Crippen LogP contribution in [0, 0.1) is 24.0 Å². The Morgan fingerprint density at radius 2 is 2.04 bits per heavy atom. The maximum Gasteiger partial charge on any atom is 0.323 e. The number of terminal acetylenes is 1. The zero-order valence-electron chi connectivity index (χ0n) is 13.8. The van der Waals surface area contributed by atoms with Gasteiger partial charge in [0.2, 0.25) is 0 Å². The van der Waals surface area contributed by atoms with E-state index in [4.69, 9.17) is 11.2 Å². The summed E-state index contributed by atoms with van der Waals surface area (Å²) in [6.45, 7) is 1.93. The SMILES string of the molecule is C#Cc1cc(NC(=O)Nc2ccc([C@@H]3CNCCO3)cc2F)ccc1F. The molecule has 1 fully saturated rings. The first-order valence-electron chi connectivity index (χ1n) is 8.03. The molecule has 3 rings (SSSR count). The summed E-state index contributed by atoms with van der Waals surface area (Å²) in [5.41, 5.74) is 1.04. The number of urea groups is 1. The molecule has 1 saturated heterocycles. The average Bonchev–Trinajstić information content (AvgIpc) is 2.65. The van der Waals surface area contributed by atoms with Crippen LogP contribution in [0.4, 0.5) is 25.0 Å². The fourth-order valence-electron chi connectivity index (χ4n) is 2.61. The summed E-state index contributed by atoms with van der Waals surface area (Å²) in [5.74, 6) is 1.05. The Balaban J connectivity index is 1.66. The summed E-state index contributed by atoms with van der Waals surface area (Å²) in [7, 11) is 0. The number of anilines is 2. The van der Waals surface area contributed by atoms with Crippen molar-refractivity contribution in [3.63, 3.8) is 0 Å². The molecule has 0 bridgehead atoms. The van der Waals surface area contributed by atoms with E-state index in [9.17, 15) is 13.6 Å². The normalized spacial score (nSPS) is 16.6. The number of ether oxygens (including phenoxy) is 1. The van der Waals surface area contributed by atoms with Gasteiger partial charge in [-0.3, -0.25) is 0 Å². The van der Waals surface area contributed by atoms with Gasteiger partial charge >= 0.3 is 6.03 Å². The van der Waals surface area contributed by atoms with E-state index in [-0.39, 0.29) is 17.4 Å². The monoisotopic (exact) mass is 357 g/mol. The van der Waals surface area contributed by atoms with Gasteiger partial charge in [0.25, 0.3) is 0 Å². The molecule has 5 nitrogen and oxygen atoms in total. The molecule has 2 aromatic carbocycles. The highest BCUT2D eigenvalue weighted by molar-refractivity contribution is 5.99. The number of benzene rings is 2. The van der Waals surface area contributed by atoms with Crippen LogP contribution in [0.1, 0.15) is 17.2 Å². The maximum atomic E-state index is 14.3. The number of morpholine rings is 1. The molecule has 0 unspecified atom stereocenters. The average molecular weight is 357 g/mol. The summed E-state index contributed by atoms with van der Waals surface area (Å²) < 4.78 is 33.2. The minimum Gasteiger partial charge on any atom is -0.371 e. The van der Waals surface area contributed by atoms with Crippen LogP contribution >= 0.6 is 0 Å². The van der Waals surface area contributed by atoms with Gasteiger partial charge in [0.15, 0.2) is 0 Å². The molecule has 2 amide bonds. The second kappa shape index (κ2) is 7.95. The van der Waals surface area contributed by atoms with Crippen LogP contribution in [0.15, 0.2) is 36.4 Å². The van der Waals surface area contributed by atoms with Crippen molar-refractivity contribution in [2.75, 3.05) is 30.3 Å². The molecular weight excluding hydrogens is 340 g/mol. The van der Waals surface area contributed by atoms with Gasteiger partial charge in [0, 0.05) is 18.8 Å². The van der Waals surface area contributed by atoms with E-state index in [0.717, 1.165) is 12.6 Å². The third-order valence-corrected chi connectivity index (χ3v) is 3.92. The summed E-state index contributed by atoms with van der Waals surface area (Å²) in [6.07, 6.45) is 4.97. The number of carbonyl (C=O) groups is 1. The number of carbonyl (C=O) groups excluding carboxylic acids is 1. The predicted octanol–water partition coefficient (Wildman–Crippen LogP) is 3.25. The van der Waals surface area contributed by atoms with E-state index < -0.39 is 17.7 Å². The van der Waals surface area contributed by atoms with Gasteiger partial charge in [0.1, 0.15) is 11.6 Å². The molecule has 2 aromatic rings. The lowest BCUT2D eigenvalue weighted by molar-refractivity contribution is 0.0275. The standard InChI is InChI=1S/C19H17F2N3O2/c1-2-12-9-14(4-5-15(12)20)23-19(25)24-17-6-3-13(10-16(17)21)18-11-22-7-8-26-18/h1,3-6,9-10,18,22H,7-8,11H2,(H2,23,24,25)/t18-/m0/s1. The largest absolute Gasteiger partial charge is 0.371 e. The second-order valence-corrected chi connectivity index (χ2v) is 5.72. The zero-order chi connectivity index (χ0) is 18.5. The van der Waals surface area contributed by atoms with E-state index in [1.54, 1.807) is 6.07 Å². The topological polar surface area (TPSA) is 62.4 Å². The maximum absolute atomic E-state index is 14.3. The molecule has 1 atom stereocenters. The number of nitrogens with one attached hydrogen (secondary N) is 3. The van der Waals surface area contributed by atoms with Gasteiger partial charge in [-0.15, -0.1) is 6.42 Å². The van der Waals surface area contributed by atoms with Crippen molar-refractivity contribution < 1.29 is 18.3 Å². The van der Waals surface area contributed by atoms with Crippen LogP contribution in [-0.2, 0) is 4.74 Å². The quantitative estimate of drug-likeness (QED) is 0.739. The van der Waals surface area contributed by atoms with Crippen molar-refractivity contribution in [1.29, 1.82) is 0 Å². The third-order valence-electron chi connectivity index (χ3n) is 3.92. The minimum absolute atomic E-state index is 0.0225. The number of hydrogen-bond donors (Lipinski definition) is 3. The van der Waals surface area contributed by atoms with Crippen LogP contribution in [0.5, 0.6) is 0 Å². The predicted molar refractivity (Wildman–Crippen MR) is 94.9 cm³/mol. The highest BCUT2D eigenvalue weighted by Crippen LogP contribution is 2.24. The molecule has 0 radical (unpaired) electrons. The second-order valence-electron chi connectivity index (χ2n) is 5.72. The highest BCUT2D eigenvalue weighted by atomic mass is 19.1. The molecule has 0 aliphatic carbocycles. The molecule has 0 spiro atoms. The number of halogens is 2. The molecule has 1 aliphatic rings. The fraction of sp³-hybridized carbons (Fsp3) is 0.211. The first-order chi connectivity index (χ1) is 12.6. The summed E-state index contributed by atoms with van der Waals surface area (Å²) in [6, 6.07) is 7.68. The Hall–Kier alpha value is -2.95. The molecule has 7 heteroatoms. The Bertz CT molecular complexity index is 858. The molecule has 0 aromatic heterocycles. The lowest BCUT2D eigenvalue weighted by atomic mass is 10.1. The van der Waals surface area contributed by atoms with Crippen LogP contribution in [-0.4, -0.2) is 25.7 Å². The van der Waals surface area contributed by atoms with E-state index in [2.05, 4.69) is 21.9 Å². The Kier molecular flexibility index (Phi) is 5.46. The van der Waals surface area contributed by atoms with Gasteiger partial charge < -0.3 is 20.7 Å². The summed E-state index contributed by atoms with van der Waals surface area (Å²) in [4.78, 5) is 12.0. The lowest BCUT2D eigenvalue weighted by Crippen LogP contribution is -2.33. The van der Waals surface area contributed by atoms with E-state index in [1.165, 1.54) is 24.3 Å². The van der Waals surface area contributed by atoms with Gasteiger partial charge in [-0.05, 0) is 35.9 Å². The number of hydrogen-bond acceptors (Lipinski definition) is 3. The van der Waals surface area contributed by atoms with Gasteiger partial charge in [-0.2, -0.15) is 0 Å². The number of amides is 2. The van der Waals surface area contributed by atoms with E-state index in [1.807, 2.05) is 0 Å². The van der Waals surface area contributed by atoms with Crippen molar-refractivity contribution in [3.8, 4) is 12.3 Å². The highest BCUT2D eigenvalue weighted by Gasteiger charge is 2.17. The summed E-state index contributed by atoms with van der Waals surface area (Å²) >= 11 is 0. The van der Waals surface area contributed by atoms with Crippen LogP contribution in [0.25, 0.3) is 0 Å². The minimum atomic E-state index is -0.665. The first kappa shape index (κ1) is 17.9. The molecule has 1 heterocycles. The van der Waals surface area contributed by atoms with Crippen molar-refractivity contribution in [2.45, 2.75) is 6.10 Å². The van der Waals surface area contributed by atoms with Crippen molar-refractivity contribution in [1.82, 2.24) is 5.32 Å². The Labute approximate surface area is 149 Å². The van der Waals surface area contributed by atoms with Crippen molar-refractivity contribution in [3.05, 3.63) is 59.2 Å². The Morgan fingerprint density at radius 3 is 2.73 bits per heavy atom. The van der Waals surface area contributed by atoms with Crippen LogP contribution < -0.4 is 16.0 Å². The third kappa shape index (κ3) is 4.17. The fourth-order valence-corrected chi connectivity index (χ4v) is 2.61. The van der Waals surface area contributed by atoms with Crippen LogP contribution in [0.2, 0.25) is 0 Å². The Morgan fingerprint density at radius 1 is 1.19 bits per heavy atom. The smallest absolute Gasteiger partial charge is 0.323 e. The molecule has 1 aliphatic heterocycles.